The topological polar surface area (TPSA) is 42.7 Å². The van der Waals surface area contributed by atoms with Crippen LogP contribution < -0.4 is 5.32 Å². The van der Waals surface area contributed by atoms with Gasteiger partial charge in [-0.2, -0.15) is 0 Å². The summed E-state index contributed by atoms with van der Waals surface area (Å²) in [5.74, 6) is 1.51. The number of nitrogens with one attached hydrogen (secondary N) is 1. The molecule has 90 valence electrons. The molecule has 5 heteroatoms. The fourth-order valence-corrected chi connectivity index (χ4v) is 2.89. The van der Waals surface area contributed by atoms with Crippen LogP contribution in [-0.4, -0.2) is 21.5 Å². The van der Waals surface area contributed by atoms with Gasteiger partial charge in [-0.1, -0.05) is 19.1 Å². The van der Waals surface area contributed by atoms with Crippen molar-refractivity contribution in [2.24, 2.45) is 18.9 Å². The van der Waals surface area contributed by atoms with E-state index in [0.29, 0.717) is 12.0 Å². The van der Waals surface area contributed by atoms with Crippen molar-refractivity contribution in [2.75, 3.05) is 6.54 Å². The number of aromatic nitrogens is 3. The molecule has 4 nitrogen and oxygen atoms in total. The highest BCUT2D eigenvalue weighted by Crippen LogP contribution is 2.43. The highest BCUT2D eigenvalue weighted by molar-refractivity contribution is 9.10. The molecule has 0 aliphatic heterocycles. The Hall–Kier alpha value is -0.420. The summed E-state index contributed by atoms with van der Waals surface area (Å²) < 4.78 is 2.74. The number of nitrogens with zero attached hydrogens (tertiary/aromatic N) is 3. The van der Waals surface area contributed by atoms with E-state index in [9.17, 15) is 0 Å². The Kier molecular flexibility index (Phi) is 3.64. The van der Waals surface area contributed by atoms with Crippen molar-refractivity contribution in [3.8, 4) is 0 Å². The summed E-state index contributed by atoms with van der Waals surface area (Å²) in [4.78, 5) is 0. The van der Waals surface area contributed by atoms with E-state index in [-0.39, 0.29) is 0 Å². The van der Waals surface area contributed by atoms with Crippen LogP contribution in [0.1, 0.15) is 38.4 Å². The Morgan fingerprint density at radius 3 is 2.69 bits per heavy atom. The molecular formula is C11H19BrN4. The molecule has 0 amide bonds. The van der Waals surface area contributed by atoms with Crippen LogP contribution in [0, 0.1) is 11.8 Å². The third kappa shape index (κ3) is 2.30. The van der Waals surface area contributed by atoms with Crippen LogP contribution in [0.5, 0.6) is 0 Å². The molecule has 1 N–H and O–H groups in total. The zero-order valence-electron chi connectivity index (χ0n) is 10.1. The van der Waals surface area contributed by atoms with Crippen molar-refractivity contribution in [1.29, 1.82) is 0 Å². The largest absolute Gasteiger partial charge is 0.309 e. The predicted molar refractivity (Wildman–Crippen MR) is 67.0 cm³/mol. The maximum Gasteiger partial charge on any atom is 0.153 e. The Labute approximate surface area is 105 Å². The van der Waals surface area contributed by atoms with Gasteiger partial charge in [0.05, 0.1) is 11.7 Å². The number of hydrogen-bond acceptors (Lipinski definition) is 3. The summed E-state index contributed by atoms with van der Waals surface area (Å²) in [6, 6.07) is 0.354. The molecule has 1 heterocycles. The average molecular weight is 287 g/mol. The molecule has 1 aromatic heterocycles. The summed E-state index contributed by atoms with van der Waals surface area (Å²) in [6.45, 7) is 5.44. The summed E-state index contributed by atoms with van der Waals surface area (Å²) in [6.07, 6.45) is 2.73. The van der Waals surface area contributed by atoms with E-state index in [2.05, 4.69) is 45.4 Å². The van der Waals surface area contributed by atoms with Gasteiger partial charge in [0, 0.05) is 7.05 Å². The molecule has 1 aliphatic carbocycles. The van der Waals surface area contributed by atoms with Crippen molar-refractivity contribution in [1.82, 2.24) is 20.3 Å². The van der Waals surface area contributed by atoms with E-state index >= 15 is 0 Å². The first-order valence-electron chi connectivity index (χ1n) is 5.93. The lowest BCUT2D eigenvalue weighted by Crippen LogP contribution is -2.30. The summed E-state index contributed by atoms with van der Waals surface area (Å²) in [5.41, 5.74) is 1.17. The van der Waals surface area contributed by atoms with Gasteiger partial charge in [-0.3, -0.25) is 0 Å². The fraction of sp³-hybridized carbons (Fsp3) is 0.818. The van der Waals surface area contributed by atoms with Crippen LogP contribution in [0.25, 0.3) is 0 Å². The Morgan fingerprint density at radius 1 is 1.56 bits per heavy atom. The number of halogens is 1. The van der Waals surface area contributed by atoms with Gasteiger partial charge in [0.1, 0.15) is 0 Å². The molecule has 0 spiro atoms. The first kappa shape index (κ1) is 12.0. The van der Waals surface area contributed by atoms with Crippen LogP contribution in [-0.2, 0) is 7.05 Å². The normalized spacial score (nSPS) is 19.8. The zero-order valence-corrected chi connectivity index (χ0v) is 11.7. The second kappa shape index (κ2) is 4.84. The van der Waals surface area contributed by atoms with Crippen molar-refractivity contribution in [3.63, 3.8) is 0 Å². The molecule has 0 radical (unpaired) electrons. The number of rotatable bonds is 5. The minimum atomic E-state index is 0.354. The molecular weight excluding hydrogens is 268 g/mol. The van der Waals surface area contributed by atoms with Gasteiger partial charge in [-0.25, -0.2) is 4.68 Å². The van der Waals surface area contributed by atoms with Crippen molar-refractivity contribution in [3.05, 3.63) is 10.3 Å². The summed E-state index contributed by atoms with van der Waals surface area (Å²) in [5, 5.41) is 11.7. The number of hydrogen-bond donors (Lipinski definition) is 1. The smallest absolute Gasteiger partial charge is 0.153 e. The SMILES string of the molecule is CCNC(c1c(Br)nnn1C)C(C)C1CC1. The van der Waals surface area contributed by atoms with Gasteiger partial charge in [-0.05, 0) is 47.2 Å². The van der Waals surface area contributed by atoms with Gasteiger partial charge in [-0.15, -0.1) is 5.10 Å². The molecule has 2 unspecified atom stereocenters. The Balaban J connectivity index is 2.23. The Morgan fingerprint density at radius 2 is 2.25 bits per heavy atom. The molecule has 1 saturated carbocycles. The van der Waals surface area contributed by atoms with Gasteiger partial charge in [0.25, 0.3) is 0 Å². The van der Waals surface area contributed by atoms with E-state index in [0.717, 1.165) is 17.1 Å². The molecule has 0 bridgehead atoms. The average Bonchev–Trinajstić information content (AvgIpc) is 3.04. The monoisotopic (exact) mass is 286 g/mol. The molecule has 1 aliphatic rings. The second-order valence-corrected chi connectivity index (χ2v) is 5.37. The van der Waals surface area contributed by atoms with Crippen LogP contribution in [0.15, 0.2) is 4.60 Å². The fourth-order valence-electron chi connectivity index (χ4n) is 2.31. The van der Waals surface area contributed by atoms with Crippen LogP contribution in [0.2, 0.25) is 0 Å². The van der Waals surface area contributed by atoms with E-state index in [4.69, 9.17) is 0 Å². The predicted octanol–water partition coefficient (Wildman–Crippen LogP) is 2.27. The first-order chi connectivity index (χ1) is 7.65. The lowest BCUT2D eigenvalue weighted by Gasteiger charge is -2.24. The molecule has 0 aromatic carbocycles. The maximum atomic E-state index is 4.07. The molecule has 2 rings (SSSR count). The van der Waals surface area contributed by atoms with Gasteiger partial charge in [0.2, 0.25) is 0 Å². The third-order valence-electron chi connectivity index (χ3n) is 3.44. The maximum absolute atomic E-state index is 4.07. The second-order valence-electron chi connectivity index (χ2n) is 4.62. The van der Waals surface area contributed by atoms with Crippen LogP contribution in [0.4, 0.5) is 0 Å². The van der Waals surface area contributed by atoms with Crippen molar-refractivity contribution in [2.45, 2.75) is 32.7 Å². The molecule has 1 aromatic rings. The van der Waals surface area contributed by atoms with Gasteiger partial charge in [0.15, 0.2) is 4.60 Å². The quantitative estimate of drug-likeness (QED) is 0.903. The van der Waals surface area contributed by atoms with Gasteiger partial charge < -0.3 is 5.32 Å². The highest BCUT2D eigenvalue weighted by Gasteiger charge is 2.36. The molecule has 16 heavy (non-hydrogen) atoms. The molecule has 1 fully saturated rings. The third-order valence-corrected chi connectivity index (χ3v) is 4.00. The molecule has 2 atom stereocenters. The molecule has 0 saturated heterocycles. The van der Waals surface area contributed by atoms with Gasteiger partial charge >= 0.3 is 0 Å². The lowest BCUT2D eigenvalue weighted by molar-refractivity contribution is 0.338. The van der Waals surface area contributed by atoms with E-state index in [1.54, 1.807) is 0 Å². The van der Waals surface area contributed by atoms with Crippen LogP contribution in [0.3, 0.4) is 0 Å². The summed E-state index contributed by atoms with van der Waals surface area (Å²) >= 11 is 3.49. The van der Waals surface area contributed by atoms with Crippen molar-refractivity contribution >= 4 is 15.9 Å². The summed E-state index contributed by atoms with van der Waals surface area (Å²) in [7, 11) is 1.96. The first-order valence-corrected chi connectivity index (χ1v) is 6.72. The Bertz CT molecular complexity index is 339. The lowest BCUT2D eigenvalue weighted by atomic mass is 9.94. The van der Waals surface area contributed by atoms with E-state index < -0.39 is 0 Å². The van der Waals surface area contributed by atoms with Crippen molar-refractivity contribution < 1.29 is 0 Å². The highest BCUT2D eigenvalue weighted by atomic mass is 79.9. The van der Waals surface area contributed by atoms with Crippen LogP contribution >= 0.6 is 15.9 Å². The minimum absolute atomic E-state index is 0.354. The standard InChI is InChI=1S/C11H19BrN4/c1-4-13-9(7(2)8-5-6-8)10-11(12)14-15-16(10)3/h7-9,13H,4-6H2,1-3H3. The minimum Gasteiger partial charge on any atom is -0.309 e. The number of aryl methyl sites for hydroxylation is 1. The van der Waals surface area contributed by atoms with E-state index in [1.807, 2.05) is 11.7 Å². The van der Waals surface area contributed by atoms with E-state index in [1.165, 1.54) is 18.5 Å². The zero-order chi connectivity index (χ0) is 11.7.